The van der Waals surface area contributed by atoms with Gasteiger partial charge in [0, 0.05) is 54.8 Å². The molecule has 0 unspecified atom stereocenters. The van der Waals surface area contributed by atoms with E-state index >= 15 is 0 Å². The molecule has 0 bridgehead atoms. The molecular formula is C53H50N3O2Pt-. The molecule has 9 rings (SSSR count). The number of furan rings is 1. The van der Waals surface area contributed by atoms with Crippen molar-refractivity contribution in [1.82, 2.24) is 14.5 Å². The summed E-state index contributed by atoms with van der Waals surface area (Å²) in [5.41, 5.74) is 14.0. The van der Waals surface area contributed by atoms with Crippen LogP contribution in [-0.2, 0) is 37.3 Å². The van der Waals surface area contributed by atoms with Gasteiger partial charge in [-0.3, -0.25) is 9.97 Å². The Kier molecular flexibility index (Phi) is 9.79. The first-order chi connectivity index (χ1) is 27.5. The van der Waals surface area contributed by atoms with Crippen LogP contribution in [0.1, 0.15) is 84.6 Å². The molecule has 0 radical (unpaired) electrons. The first kappa shape index (κ1) is 40.3. The maximum atomic E-state index is 11.6. The standard InChI is InChI=1S/C53H50N3O2.Pt/c1-31-24-25-54-47-41(31)29-36(53(8,9)10)30-42(47)32-26-33(28-35(27-32)52(5,6)7)50-55-48-40(46-44(57)23-22-39-38-14-11-12-17-45(38)58-49(39)46)15-13-16-43(48)56(50)37-20-18-34(19-21-37)51(2,3)4;/h11-25,27-30,57H,1-10H3;/q-1;. The predicted molar refractivity (Wildman–Crippen MR) is 241 cm³/mol. The summed E-state index contributed by atoms with van der Waals surface area (Å²) in [6.07, 6.45) is 1.91. The molecule has 9 aromatic rings. The zero-order valence-electron chi connectivity index (χ0n) is 35.5. The molecule has 0 saturated carbocycles. The van der Waals surface area contributed by atoms with Gasteiger partial charge in [-0.15, -0.1) is 29.3 Å². The van der Waals surface area contributed by atoms with E-state index in [1.54, 1.807) is 6.07 Å². The minimum absolute atomic E-state index is 0. The van der Waals surface area contributed by atoms with Crippen LogP contribution in [0.15, 0.2) is 120 Å². The second kappa shape index (κ2) is 14.3. The van der Waals surface area contributed by atoms with E-state index < -0.39 is 0 Å². The quantitative estimate of drug-likeness (QED) is 0.179. The number of rotatable bonds is 4. The van der Waals surface area contributed by atoms with Gasteiger partial charge < -0.3 is 14.1 Å². The number of aryl methyl sites for hydroxylation is 1. The van der Waals surface area contributed by atoms with Crippen molar-refractivity contribution in [2.45, 2.75) is 85.5 Å². The van der Waals surface area contributed by atoms with Crippen LogP contribution in [0, 0.1) is 13.0 Å². The molecule has 0 saturated heterocycles. The number of aromatic nitrogens is 3. The topological polar surface area (TPSA) is 64.1 Å². The SMILES string of the molecule is Cc1ccnc2c(-c3[c-]c(-c4nc5c(-c6c(O)ccc7c6oc6ccccc67)cccc5n4-c4ccc(C(C)(C)C)cc4)cc(C(C)(C)C)c3)cc(C(C)(C)C)cc12.[Pt]. The number of phenols is 1. The van der Waals surface area contributed by atoms with Gasteiger partial charge >= 0.3 is 0 Å². The van der Waals surface area contributed by atoms with Crippen molar-refractivity contribution in [3.8, 4) is 45.1 Å². The number of benzene rings is 6. The molecule has 6 aromatic carbocycles. The van der Waals surface area contributed by atoms with Gasteiger partial charge in [0.1, 0.15) is 16.9 Å². The smallest absolute Gasteiger partial charge is 0.147 e. The van der Waals surface area contributed by atoms with Crippen molar-refractivity contribution in [2.75, 3.05) is 0 Å². The number of pyridine rings is 1. The summed E-state index contributed by atoms with van der Waals surface area (Å²) in [7, 11) is 0. The number of hydrogen-bond acceptors (Lipinski definition) is 4. The van der Waals surface area contributed by atoms with Crippen molar-refractivity contribution in [2.24, 2.45) is 0 Å². The Hall–Kier alpha value is -5.51. The summed E-state index contributed by atoms with van der Waals surface area (Å²) in [6, 6.07) is 41.9. The van der Waals surface area contributed by atoms with Gasteiger partial charge in [0.05, 0.1) is 22.4 Å². The van der Waals surface area contributed by atoms with E-state index in [1.165, 1.54) is 22.3 Å². The molecule has 0 aliphatic heterocycles. The molecule has 3 aromatic heterocycles. The minimum Gasteiger partial charge on any atom is -0.507 e. The molecule has 0 atom stereocenters. The summed E-state index contributed by atoms with van der Waals surface area (Å²) < 4.78 is 8.75. The predicted octanol–water partition coefficient (Wildman–Crippen LogP) is 14.2. The normalized spacial score (nSPS) is 12.5. The van der Waals surface area contributed by atoms with Gasteiger partial charge in [-0.05, 0) is 87.7 Å². The van der Waals surface area contributed by atoms with Crippen molar-refractivity contribution in [3.05, 3.63) is 144 Å². The molecule has 0 fully saturated rings. The number of nitrogens with zero attached hydrogens (tertiary/aromatic N) is 3. The first-order valence-corrected chi connectivity index (χ1v) is 20.2. The molecule has 3 heterocycles. The molecule has 300 valence electrons. The zero-order chi connectivity index (χ0) is 40.9. The summed E-state index contributed by atoms with van der Waals surface area (Å²) in [4.78, 5) is 10.5. The maximum absolute atomic E-state index is 11.6. The Morgan fingerprint density at radius 1 is 0.610 bits per heavy atom. The summed E-state index contributed by atoms with van der Waals surface area (Å²) in [6.45, 7) is 22.4. The van der Waals surface area contributed by atoms with Gasteiger partial charge in [0.25, 0.3) is 0 Å². The fourth-order valence-corrected chi connectivity index (χ4v) is 8.19. The van der Waals surface area contributed by atoms with E-state index in [1.807, 2.05) is 42.6 Å². The number of imidazole rings is 1. The van der Waals surface area contributed by atoms with Crippen LogP contribution in [0.25, 0.3) is 83.2 Å². The average Bonchev–Trinajstić information content (AvgIpc) is 3.76. The fourth-order valence-electron chi connectivity index (χ4n) is 8.19. The van der Waals surface area contributed by atoms with Crippen LogP contribution < -0.4 is 0 Å². The number of hydrogen-bond donors (Lipinski definition) is 1. The number of aromatic hydroxyl groups is 1. The molecule has 59 heavy (non-hydrogen) atoms. The van der Waals surface area contributed by atoms with Crippen molar-refractivity contribution < 1.29 is 30.6 Å². The maximum Gasteiger partial charge on any atom is 0.147 e. The van der Waals surface area contributed by atoms with E-state index in [0.29, 0.717) is 11.1 Å². The van der Waals surface area contributed by atoms with E-state index in [2.05, 4.69) is 147 Å². The van der Waals surface area contributed by atoms with E-state index in [-0.39, 0.29) is 43.1 Å². The van der Waals surface area contributed by atoms with Gasteiger partial charge in [-0.2, -0.15) is 0 Å². The zero-order valence-corrected chi connectivity index (χ0v) is 37.8. The van der Waals surface area contributed by atoms with E-state index in [0.717, 1.165) is 72.1 Å². The molecule has 0 amide bonds. The Morgan fingerprint density at radius 3 is 2.00 bits per heavy atom. The Bertz CT molecular complexity index is 3080. The second-order valence-electron chi connectivity index (χ2n) is 18.9. The molecule has 6 heteroatoms. The average molecular weight is 956 g/mol. The first-order valence-electron chi connectivity index (χ1n) is 20.2. The van der Waals surface area contributed by atoms with E-state index in [9.17, 15) is 5.11 Å². The van der Waals surface area contributed by atoms with Gasteiger partial charge in [-0.1, -0.05) is 128 Å². The van der Waals surface area contributed by atoms with Crippen LogP contribution in [0.3, 0.4) is 0 Å². The van der Waals surface area contributed by atoms with Crippen LogP contribution in [0.4, 0.5) is 0 Å². The molecule has 0 aliphatic rings. The third kappa shape index (κ3) is 6.98. The number of fused-ring (bicyclic) bond motifs is 5. The fraction of sp³-hybridized carbons (Fsp3) is 0.245. The van der Waals surface area contributed by atoms with Crippen molar-refractivity contribution >= 4 is 43.9 Å². The Morgan fingerprint density at radius 2 is 1.29 bits per heavy atom. The molecule has 5 nitrogen and oxygen atoms in total. The third-order valence-corrected chi connectivity index (χ3v) is 11.7. The van der Waals surface area contributed by atoms with Gasteiger partial charge in [0.2, 0.25) is 0 Å². The van der Waals surface area contributed by atoms with Gasteiger partial charge in [-0.25, -0.2) is 0 Å². The Labute approximate surface area is 361 Å². The number of para-hydroxylation sites is 2. The summed E-state index contributed by atoms with van der Waals surface area (Å²) >= 11 is 0. The summed E-state index contributed by atoms with van der Waals surface area (Å²) in [5.74, 6) is 0.900. The third-order valence-electron chi connectivity index (χ3n) is 11.7. The molecule has 0 aliphatic carbocycles. The Balaban J connectivity index is 0.00000484. The largest absolute Gasteiger partial charge is 0.507 e. The van der Waals surface area contributed by atoms with Gasteiger partial charge in [0.15, 0.2) is 0 Å². The number of phenolic OH excluding ortho intramolecular Hbond substituents is 1. The summed E-state index contributed by atoms with van der Waals surface area (Å²) in [5, 5.41) is 14.7. The van der Waals surface area contributed by atoms with Crippen LogP contribution in [0.2, 0.25) is 0 Å². The van der Waals surface area contributed by atoms with Crippen LogP contribution in [-0.4, -0.2) is 19.6 Å². The second-order valence-corrected chi connectivity index (χ2v) is 18.9. The van der Waals surface area contributed by atoms with Crippen LogP contribution in [0.5, 0.6) is 5.75 Å². The van der Waals surface area contributed by atoms with E-state index in [4.69, 9.17) is 14.4 Å². The van der Waals surface area contributed by atoms with Crippen molar-refractivity contribution in [1.29, 1.82) is 0 Å². The molecule has 0 spiro atoms. The monoisotopic (exact) mass is 955 g/mol. The minimum atomic E-state index is -0.182. The van der Waals surface area contributed by atoms with Crippen molar-refractivity contribution in [3.63, 3.8) is 0 Å². The molecule has 1 N–H and O–H groups in total. The van der Waals surface area contributed by atoms with Crippen LogP contribution >= 0.6 is 0 Å². The molecular weight excluding hydrogens is 906 g/mol.